The van der Waals surface area contributed by atoms with Crippen LogP contribution in [0.3, 0.4) is 0 Å². The number of halogens is 1. The third-order valence-electron chi connectivity index (χ3n) is 4.10. The van der Waals surface area contributed by atoms with Gasteiger partial charge < -0.3 is 10.2 Å². The summed E-state index contributed by atoms with van der Waals surface area (Å²) >= 11 is 3.48. The van der Waals surface area contributed by atoms with Crippen molar-refractivity contribution in [1.29, 1.82) is 0 Å². The number of rotatable bonds is 3. The smallest absolute Gasteiger partial charge is 0.0934 e. The number of aromatic nitrogens is 1. The standard InChI is InChI=1S/C16H20BrN3/c1-20-7-5-12(6-8-20)10-18-15-4-2-3-13-9-14(17)11-19-16(13)15/h2-4,9,11-12,18H,5-8,10H2,1H3. The van der Waals surface area contributed by atoms with Gasteiger partial charge in [-0.15, -0.1) is 0 Å². The fourth-order valence-electron chi connectivity index (χ4n) is 2.80. The van der Waals surface area contributed by atoms with E-state index >= 15 is 0 Å². The van der Waals surface area contributed by atoms with Gasteiger partial charge in [0.15, 0.2) is 0 Å². The molecule has 1 aromatic heterocycles. The van der Waals surface area contributed by atoms with Crippen LogP contribution in [0.15, 0.2) is 34.9 Å². The average molecular weight is 334 g/mol. The molecular weight excluding hydrogens is 314 g/mol. The van der Waals surface area contributed by atoms with Crippen molar-refractivity contribution >= 4 is 32.5 Å². The van der Waals surface area contributed by atoms with E-state index in [0.717, 1.165) is 28.1 Å². The number of anilines is 1. The molecule has 1 aromatic carbocycles. The van der Waals surface area contributed by atoms with Crippen LogP contribution in [0.2, 0.25) is 0 Å². The van der Waals surface area contributed by atoms with Crippen LogP contribution in [-0.2, 0) is 0 Å². The molecule has 0 saturated carbocycles. The maximum atomic E-state index is 4.54. The second kappa shape index (κ2) is 6.10. The molecule has 1 aliphatic rings. The van der Waals surface area contributed by atoms with Crippen molar-refractivity contribution in [2.75, 3.05) is 32.0 Å². The third-order valence-corrected chi connectivity index (χ3v) is 4.53. The predicted octanol–water partition coefficient (Wildman–Crippen LogP) is 3.75. The van der Waals surface area contributed by atoms with Crippen LogP contribution in [0.1, 0.15) is 12.8 Å². The van der Waals surface area contributed by atoms with Crippen molar-refractivity contribution in [2.24, 2.45) is 5.92 Å². The van der Waals surface area contributed by atoms with E-state index in [9.17, 15) is 0 Å². The summed E-state index contributed by atoms with van der Waals surface area (Å²) < 4.78 is 1.03. The SMILES string of the molecule is CN1CCC(CNc2cccc3cc(Br)cnc23)CC1. The molecule has 4 heteroatoms. The molecule has 1 saturated heterocycles. The molecule has 0 spiro atoms. The summed E-state index contributed by atoms with van der Waals surface area (Å²) in [7, 11) is 2.20. The Balaban J connectivity index is 1.71. The van der Waals surface area contributed by atoms with Gasteiger partial charge in [-0.1, -0.05) is 12.1 Å². The van der Waals surface area contributed by atoms with Gasteiger partial charge in [0.2, 0.25) is 0 Å². The molecule has 1 N–H and O–H groups in total. The largest absolute Gasteiger partial charge is 0.383 e. The van der Waals surface area contributed by atoms with Gasteiger partial charge in [-0.2, -0.15) is 0 Å². The fourth-order valence-corrected chi connectivity index (χ4v) is 3.15. The lowest BCUT2D eigenvalue weighted by atomic mass is 9.97. The number of fused-ring (bicyclic) bond motifs is 1. The van der Waals surface area contributed by atoms with Crippen molar-refractivity contribution in [2.45, 2.75) is 12.8 Å². The van der Waals surface area contributed by atoms with Gasteiger partial charge in [0.1, 0.15) is 0 Å². The van der Waals surface area contributed by atoms with Crippen LogP contribution in [0.25, 0.3) is 10.9 Å². The van der Waals surface area contributed by atoms with E-state index in [1.807, 2.05) is 6.20 Å². The van der Waals surface area contributed by atoms with Crippen molar-refractivity contribution in [3.63, 3.8) is 0 Å². The second-order valence-corrected chi connectivity index (χ2v) is 6.57. The van der Waals surface area contributed by atoms with E-state index in [2.05, 4.69) is 62.4 Å². The van der Waals surface area contributed by atoms with Crippen LogP contribution in [0.5, 0.6) is 0 Å². The first-order chi connectivity index (χ1) is 9.72. The Kier molecular flexibility index (Phi) is 4.22. The third kappa shape index (κ3) is 3.13. The zero-order valence-electron chi connectivity index (χ0n) is 11.8. The van der Waals surface area contributed by atoms with Crippen molar-refractivity contribution < 1.29 is 0 Å². The molecular formula is C16H20BrN3. The number of benzene rings is 1. The quantitative estimate of drug-likeness (QED) is 0.927. The Bertz CT molecular complexity index is 591. The number of likely N-dealkylation sites (tertiary alicyclic amines) is 1. The molecule has 20 heavy (non-hydrogen) atoms. The monoisotopic (exact) mass is 333 g/mol. The van der Waals surface area contributed by atoms with Crippen LogP contribution < -0.4 is 5.32 Å². The van der Waals surface area contributed by atoms with Crippen LogP contribution >= 0.6 is 15.9 Å². The Morgan fingerprint density at radius 1 is 1.35 bits per heavy atom. The Hall–Kier alpha value is -1.13. The van der Waals surface area contributed by atoms with Crippen molar-refractivity contribution in [3.05, 3.63) is 34.9 Å². The summed E-state index contributed by atoms with van der Waals surface area (Å²) in [4.78, 5) is 6.95. The Morgan fingerprint density at radius 2 is 2.15 bits per heavy atom. The molecule has 1 aliphatic heterocycles. The number of para-hydroxylation sites is 1. The minimum atomic E-state index is 0.775. The lowest BCUT2D eigenvalue weighted by Gasteiger charge is -2.29. The zero-order valence-corrected chi connectivity index (χ0v) is 13.4. The number of hydrogen-bond donors (Lipinski definition) is 1. The summed E-state index contributed by atoms with van der Waals surface area (Å²) in [6.45, 7) is 3.48. The topological polar surface area (TPSA) is 28.2 Å². The minimum Gasteiger partial charge on any atom is -0.383 e. The summed E-state index contributed by atoms with van der Waals surface area (Å²) in [5.74, 6) is 0.775. The molecule has 106 valence electrons. The molecule has 1 fully saturated rings. The van der Waals surface area contributed by atoms with Crippen LogP contribution in [-0.4, -0.2) is 36.6 Å². The van der Waals surface area contributed by atoms with Crippen molar-refractivity contribution in [1.82, 2.24) is 9.88 Å². The van der Waals surface area contributed by atoms with Gasteiger partial charge in [-0.3, -0.25) is 4.98 Å². The van der Waals surface area contributed by atoms with Gasteiger partial charge in [-0.25, -0.2) is 0 Å². The van der Waals surface area contributed by atoms with E-state index in [4.69, 9.17) is 0 Å². The average Bonchev–Trinajstić information content (AvgIpc) is 2.46. The normalized spacial score (nSPS) is 17.5. The van der Waals surface area contributed by atoms with E-state index in [0.29, 0.717) is 0 Å². The maximum absolute atomic E-state index is 4.54. The summed E-state index contributed by atoms with van der Waals surface area (Å²) in [5, 5.41) is 4.77. The van der Waals surface area contributed by atoms with Crippen LogP contribution in [0.4, 0.5) is 5.69 Å². The Labute approximate surface area is 128 Å². The van der Waals surface area contributed by atoms with E-state index < -0.39 is 0 Å². The summed E-state index contributed by atoms with van der Waals surface area (Å²) in [5.41, 5.74) is 2.21. The molecule has 0 amide bonds. The van der Waals surface area contributed by atoms with Gasteiger partial charge in [0.05, 0.1) is 11.2 Å². The molecule has 2 aromatic rings. The van der Waals surface area contributed by atoms with Crippen molar-refractivity contribution in [3.8, 4) is 0 Å². The lowest BCUT2D eigenvalue weighted by Crippen LogP contribution is -2.32. The number of hydrogen-bond acceptors (Lipinski definition) is 3. The molecule has 0 atom stereocenters. The van der Waals surface area contributed by atoms with E-state index in [1.54, 1.807) is 0 Å². The van der Waals surface area contributed by atoms with E-state index in [-0.39, 0.29) is 0 Å². The van der Waals surface area contributed by atoms with Gasteiger partial charge in [-0.05, 0) is 67.0 Å². The highest BCUT2D eigenvalue weighted by Gasteiger charge is 2.16. The highest BCUT2D eigenvalue weighted by molar-refractivity contribution is 9.10. The number of nitrogens with one attached hydrogen (secondary N) is 1. The molecule has 2 heterocycles. The molecule has 0 radical (unpaired) electrons. The number of pyridine rings is 1. The number of piperidine rings is 1. The summed E-state index contributed by atoms with van der Waals surface area (Å²) in [6, 6.07) is 8.43. The molecule has 3 rings (SSSR count). The first kappa shape index (κ1) is 13.8. The molecule has 0 unspecified atom stereocenters. The van der Waals surface area contributed by atoms with Gasteiger partial charge in [0, 0.05) is 22.6 Å². The maximum Gasteiger partial charge on any atom is 0.0934 e. The first-order valence-electron chi connectivity index (χ1n) is 7.19. The van der Waals surface area contributed by atoms with Gasteiger partial charge in [0.25, 0.3) is 0 Å². The first-order valence-corrected chi connectivity index (χ1v) is 7.98. The van der Waals surface area contributed by atoms with Crippen LogP contribution in [0, 0.1) is 5.92 Å². The minimum absolute atomic E-state index is 0.775. The zero-order chi connectivity index (χ0) is 13.9. The summed E-state index contributed by atoms with van der Waals surface area (Å²) in [6.07, 6.45) is 4.43. The highest BCUT2D eigenvalue weighted by Crippen LogP contribution is 2.25. The fraction of sp³-hybridized carbons (Fsp3) is 0.438. The van der Waals surface area contributed by atoms with E-state index in [1.165, 1.54) is 31.3 Å². The Morgan fingerprint density at radius 3 is 2.95 bits per heavy atom. The number of nitrogens with zero attached hydrogens (tertiary/aromatic N) is 2. The molecule has 3 nitrogen and oxygen atoms in total. The lowest BCUT2D eigenvalue weighted by molar-refractivity contribution is 0.226. The predicted molar refractivity (Wildman–Crippen MR) is 88.2 cm³/mol. The molecule has 0 bridgehead atoms. The van der Waals surface area contributed by atoms with Gasteiger partial charge >= 0.3 is 0 Å². The molecule has 0 aliphatic carbocycles. The highest BCUT2D eigenvalue weighted by atomic mass is 79.9. The second-order valence-electron chi connectivity index (χ2n) is 5.66.